The van der Waals surface area contributed by atoms with E-state index in [0.29, 0.717) is 19.5 Å². The summed E-state index contributed by atoms with van der Waals surface area (Å²) in [4.78, 5) is 21.4. The highest BCUT2D eigenvalue weighted by Gasteiger charge is 2.23. The van der Waals surface area contributed by atoms with Crippen LogP contribution in [-0.2, 0) is 17.9 Å². The summed E-state index contributed by atoms with van der Waals surface area (Å²) in [5.41, 5.74) is 3.89. The summed E-state index contributed by atoms with van der Waals surface area (Å²) >= 11 is 0. The molecule has 1 saturated heterocycles. The second kappa shape index (κ2) is 6.92. The Labute approximate surface area is 152 Å². The highest BCUT2D eigenvalue weighted by atomic mass is 16.5. The summed E-state index contributed by atoms with van der Waals surface area (Å²) in [5, 5.41) is 4.02. The first kappa shape index (κ1) is 16.8. The van der Waals surface area contributed by atoms with Crippen LogP contribution in [-0.4, -0.2) is 49.9 Å². The van der Waals surface area contributed by atoms with Crippen LogP contribution in [0.5, 0.6) is 0 Å². The Hall–Kier alpha value is -2.67. The third-order valence-corrected chi connectivity index (χ3v) is 5.01. The van der Waals surface area contributed by atoms with Gasteiger partial charge < -0.3 is 13.8 Å². The second-order valence-electron chi connectivity index (χ2n) is 6.84. The van der Waals surface area contributed by atoms with Gasteiger partial charge in [-0.3, -0.25) is 9.69 Å². The number of hydrogen-bond donors (Lipinski definition) is 0. The van der Waals surface area contributed by atoms with E-state index in [1.54, 1.807) is 0 Å². The first-order chi connectivity index (χ1) is 12.6. The van der Waals surface area contributed by atoms with Gasteiger partial charge in [0.05, 0.1) is 17.9 Å². The van der Waals surface area contributed by atoms with Crippen molar-refractivity contribution in [1.82, 2.24) is 24.3 Å². The molecule has 7 heteroatoms. The lowest BCUT2D eigenvalue weighted by Crippen LogP contribution is -2.32. The SMILES string of the molecule is Cc1noc(C)c1CN1CCC(=O)N(Cc2cn3ccccc3n2)CC1. The Bertz CT molecular complexity index is 877. The molecular formula is C19H23N5O2. The van der Waals surface area contributed by atoms with Crippen LogP contribution in [0.3, 0.4) is 0 Å². The highest BCUT2D eigenvalue weighted by molar-refractivity contribution is 5.76. The van der Waals surface area contributed by atoms with Gasteiger partial charge in [0.15, 0.2) is 0 Å². The largest absolute Gasteiger partial charge is 0.361 e. The Balaban J connectivity index is 1.43. The molecule has 7 nitrogen and oxygen atoms in total. The minimum Gasteiger partial charge on any atom is -0.361 e. The number of nitrogens with zero attached hydrogens (tertiary/aromatic N) is 5. The number of carbonyl (C=O) groups excluding carboxylic acids is 1. The van der Waals surface area contributed by atoms with Crippen LogP contribution in [0.15, 0.2) is 35.1 Å². The lowest BCUT2D eigenvalue weighted by atomic mass is 10.2. The van der Waals surface area contributed by atoms with Crippen molar-refractivity contribution in [3.8, 4) is 0 Å². The zero-order valence-corrected chi connectivity index (χ0v) is 15.2. The Morgan fingerprint density at radius 1 is 1.15 bits per heavy atom. The Morgan fingerprint density at radius 3 is 2.81 bits per heavy atom. The average Bonchev–Trinajstić information content (AvgIpc) is 3.13. The lowest BCUT2D eigenvalue weighted by Gasteiger charge is -2.21. The van der Waals surface area contributed by atoms with Crippen LogP contribution in [0.1, 0.15) is 29.1 Å². The summed E-state index contributed by atoms with van der Waals surface area (Å²) in [6.07, 6.45) is 4.49. The molecule has 3 aromatic rings. The van der Waals surface area contributed by atoms with Crippen LogP contribution < -0.4 is 0 Å². The van der Waals surface area contributed by atoms with Gasteiger partial charge in [-0.15, -0.1) is 0 Å². The highest BCUT2D eigenvalue weighted by Crippen LogP contribution is 2.17. The Morgan fingerprint density at radius 2 is 2.04 bits per heavy atom. The van der Waals surface area contributed by atoms with Gasteiger partial charge in [0.1, 0.15) is 11.4 Å². The van der Waals surface area contributed by atoms with Gasteiger partial charge in [0.2, 0.25) is 5.91 Å². The van der Waals surface area contributed by atoms with E-state index in [1.165, 1.54) is 0 Å². The van der Waals surface area contributed by atoms with E-state index in [4.69, 9.17) is 4.52 Å². The predicted molar refractivity (Wildman–Crippen MR) is 96.5 cm³/mol. The van der Waals surface area contributed by atoms with Crippen molar-refractivity contribution >= 4 is 11.6 Å². The maximum Gasteiger partial charge on any atom is 0.224 e. The zero-order valence-electron chi connectivity index (χ0n) is 15.2. The third kappa shape index (κ3) is 3.35. The van der Waals surface area contributed by atoms with Crippen molar-refractivity contribution < 1.29 is 9.32 Å². The van der Waals surface area contributed by atoms with Crippen molar-refractivity contribution in [3.63, 3.8) is 0 Å². The molecule has 0 spiro atoms. The van der Waals surface area contributed by atoms with E-state index in [0.717, 1.165) is 48.0 Å². The molecule has 1 aliphatic heterocycles. The molecule has 4 heterocycles. The van der Waals surface area contributed by atoms with Gasteiger partial charge in [-0.05, 0) is 26.0 Å². The van der Waals surface area contributed by atoms with E-state index in [1.807, 2.05) is 53.7 Å². The summed E-state index contributed by atoms with van der Waals surface area (Å²) in [6.45, 7) is 7.53. The fourth-order valence-electron chi connectivity index (χ4n) is 3.45. The molecule has 3 aromatic heterocycles. The minimum absolute atomic E-state index is 0.184. The third-order valence-electron chi connectivity index (χ3n) is 5.01. The van der Waals surface area contributed by atoms with E-state index in [2.05, 4.69) is 15.0 Å². The average molecular weight is 353 g/mol. The van der Waals surface area contributed by atoms with Gasteiger partial charge >= 0.3 is 0 Å². The lowest BCUT2D eigenvalue weighted by molar-refractivity contribution is -0.131. The maximum atomic E-state index is 12.5. The number of rotatable bonds is 4. The van der Waals surface area contributed by atoms with Crippen LogP contribution >= 0.6 is 0 Å². The number of fused-ring (bicyclic) bond motifs is 1. The number of aromatic nitrogens is 3. The number of aryl methyl sites for hydroxylation is 2. The number of carbonyl (C=O) groups is 1. The predicted octanol–water partition coefficient (Wildman–Crippen LogP) is 2.17. The number of hydrogen-bond acceptors (Lipinski definition) is 5. The molecule has 0 aromatic carbocycles. The first-order valence-electron chi connectivity index (χ1n) is 8.94. The van der Waals surface area contributed by atoms with Crippen molar-refractivity contribution in [3.05, 3.63) is 53.3 Å². The monoisotopic (exact) mass is 353 g/mol. The van der Waals surface area contributed by atoms with Crippen LogP contribution in [0, 0.1) is 13.8 Å². The molecule has 1 aliphatic rings. The number of imidazole rings is 1. The molecular weight excluding hydrogens is 330 g/mol. The van der Waals surface area contributed by atoms with E-state index in [9.17, 15) is 4.79 Å². The molecule has 0 N–H and O–H groups in total. The molecule has 0 aliphatic carbocycles. The molecule has 0 radical (unpaired) electrons. The molecule has 26 heavy (non-hydrogen) atoms. The second-order valence-corrected chi connectivity index (χ2v) is 6.84. The fourth-order valence-corrected chi connectivity index (χ4v) is 3.45. The zero-order chi connectivity index (χ0) is 18.1. The summed E-state index contributed by atoms with van der Waals surface area (Å²) in [5.74, 6) is 1.04. The van der Waals surface area contributed by atoms with Crippen molar-refractivity contribution in [2.75, 3.05) is 19.6 Å². The summed E-state index contributed by atoms with van der Waals surface area (Å²) in [7, 11) is 0. The standard InChI is InChI=1S/C19H23N5O2/c1-14-17(15(2)26-21-14)13-22-8-6-19(25)24(10-9-22)12-16-11-23-7-4-3-5-18(23)20-16/h3-5,7,11H,6,8-10,12-13H2,1-2H3. The molecule has 4 rings (SSSR count). The first-order valence-corrected chi connectivity index (χ1v) is 8.94. The molecule has 1 amide bonds. The van der Waals surface area contributed by atoms with Gasteiger partial charge in [0, 0.05) is 50.6 Å². The smallest absolute Gasteiger partial charge is 0.224 e. The van der Waals surface area contributed by atoms with E-state index < -0.39 is 0 Å². The molecule has 0 unspecified atom stereocenters. The van der Waals surface area contributed by atoms with Gasteiger partial charge in [-0.1, -0.05) is 11.2 Å². The minimum atomic E-state index is 0.184. The van der Waals surface area contributed by atoms with Gasteiger partial charge in [-0.25, -0.2) is 4.98 Å². The number of amides is 1. The van der Waals surface area contributed by atoms with Crippen LogP contribution in [0.25, 0.3) is 5.65 Å². The maximum absolute atomic E-state index is 12.5. The molecule has 136 valence electrons. The quantitative estimate of drug-likeness (QED) is 0.719. The summed E-state index contributed by atoms with van der Waals surface area (Å²) < 4.78 is 7.24. The van der Waals surface area contributed by atoms with Crippen LogP contribution in [0.2, 0.25) is 0 Å². The van der Waals surface area contributed by atoms with Crippen molar-refractivity contribution in [1.29, 1.82) is 0 Å². The number of pyridine rings is 1. The molecule has 1 fully saturated rings. The molecule has 0 saturated carbocycles. The van der Waals surface area contributed by atoms with Crippen LogP contribution in [0.4, 0.5) is 0 Å². The van der Waals surface area contributed by atoms with Gasteiger partial charge in [-0.2, -0.15) is 0 Å². The van der Waals surface area contributed by atoms with E-state index in [-0.39, 0.29) is 5.91 Å². The normalized spacial score (nSPS) is 16.4. The molecule has 0 bridgehead atoms. The fraction of sp³-hybridized carbons (Fsp3) is 0.421. The molecule has 0 atom stereocenters. The topological polar surface area (TPSA) is 66.9 Å². The summed E-state index contributed by atoms with van der Waals surface area (Å²) in [6, 6.07) is 5.91. The van der Waals surface area contributed by atoms with E-state index >= 15 is 0 Å². The van der Waals surface area contributed by atoms with Crippen molar-refractivity contribution in [2.45, 2.75) is 33.4 Å². The Kier molecular flexibility index (Phi) is 4.46. The van der Waals surface area contributed by atoms with Crippen molar-refractivity contribution in [2.24, 2.45) is 0 Å². The van der Waals surface area contributed by atoms with Gasteiger partial charge in [0.25, 0.3) is 0 Å².